The van der Waals surface area contributed by atoms with Gasteiger partial charge in [0.1, 0.15) is 0 Å². The van der Waals surface area contributed by atoms with Crippen LogP contribution in [0.15, 0.2) is 23.2 Å². The van der Waals surface area contributed by atoms with Gasteiger partial charge in [-0.3, -0.25) is 4.79 Å². The Balaban J connectivity index is 1.90. The quantitative estimate of drug-likeness (QED) is 0.798. The average molecular weight is 396 g/mol. The molecule has 0 bridgehead atoms. The molecule has 1 aromatic carbocycles. The Bertz CT molecular complexity index is 981. The largest absolute Gasteiger partial charge is 0.316 e. The number of sulfonamides is 1. The molecule has 1 aliphatic heterocycles. The molecule has 1 saturated heterocycles. The fourth-order valence-corrected chi connectivity index (χ4v) is 5.51. The minimum atomic E-state index is -3.18. The van der Waals surface area contributed by atoms with Crippen LogP contribution in [0.25, 0.3) is 10.2 Å². The van der Waals surface area contributed by atoms with Crippen molar-refractivity contribution in [3.8, 4) is 0 Å². The van der Waals surface area contributed by atoms with Crippen molar-refractivity contribution in [3.05, 3.63) is 28.6 Å². The number of nitrogens with zero attached hydrogens (tertiary/aromatic N) is 3. The molecule has 142 valence electrons. The molecule has 0 radical (unpaired) electrons. The van der Waals surface area contributed by atoms with E-state index in [0.29, 0.717) is 25.9 Å². The Morgan fingerprint density at radius 3 is 2.54 bits per heavy atom. The number of hydrogen-bond acceptors (Lipinski definition) is 4. The first-order valence-corrected chi connectivity index (χ1v) is 11.7. The van der Waals surface area contributed by atoms with Crippen LogP contribution in [0, 0.1) is 5.92 Å². The van der Waals surface area contributed by atoms with Crippen molar-refractivity contribution in [2.75, 3.05) is 19.3 Å². The third-order valence-corrected chi connectivity index (χ3v) is 7.31. The maximum atomic E-state index is 12.7. The summed E-state index contributed by atoms with van der Waals surface area (Å²) in [6.07, 6.45) is 3.22. The Labute approximate surface area is 158 Å². The Morgan fingerprint density at radius 2 is 1.96 bits per heavy atom. The number of rotatable bonds is 4. The molecular formula is C18H25N3O3S2. The summed E-state index contributed by atoms with van der Waals surface area (Å²) in [4.78, 5) is 17.8. The van der Waals surface area contributed by atoms with Gasteiger partial charge in [0.25, 0.3) is 5.91 Å². The van der Waals surface area contributed by atoms with Crippen molar-refractivity contribution in [1.82, 2.24) is 8.87 Å². The highest BCUT2D eigenvalue weighted by atomic mass is 32.2. The van der Waals surface area contributed by atoms with Gasteiger partial charge in [-0.25, -0.2) is 12.7 Å². The van der Waals surface area contributed by atoms with Crippen molar-refractivity contribution >= 4 is 37.5 Å². The fourth-order valence-electron chi connectivity index (χ4n) is 3.49. The van der Waals surface area contributed by atoms with Crippen LogP contribution in [0.1, 0.15) is 32.3 Å². The number of benzene rings is 1. The van der Waals surface area contributed by atoms with Gasteiger partial charge in [-0.1, -0.05) is 30.4 Å². The molecule has 3 rings (SSSR count). The molecule has 2 heterocycles. The molecule has 0 unspecified atom stereocenters. The molecule has 6 nitrogen and oxygen atoms in total. The molecule has 0 spiro atoms. The molecule has 2 aromatic rings. The van der Waals surface area contributed by atoms with Crippen LogP contribution in [0.5, 0.6) is 0 Å². The monoisotopic (exact) mass is 395 g/mol. The van der Waals surface area contributed by atoms with E-state index in [1.54, 1.807) is 11.3 Å². The molecule has 1 aromatic heterocycles. The van der Waals surface area contributed by atoms with Crippen molar-refractivity contribution in [2.24, 2.45) is 10.9 Å². The smallest absolute Gasteiger partial charge is 0.251 e. The third kappa shape index (κ3) is 3.77. The molecule has 1 aliphatic rings. The van der Waals surface area contributed by atoms with E-state index in [-0.39, 0.29) is 11.8 Å². The summed E-state index contributed by atoms with van der Waals surface area (Å²) in [7, 11) is -3.18. The first-order valence-electron chi connectivity index (χ1n) is 9.00. The van der Waals surface area contributed by atoms with Crippen LogP contribution in [0.4, 0.5) is 0 Å². The lowest BCUT2D eigenvalue weighted by atomic mass is 9.98. The number of thiazole rings is 1. The molecular weight excluding hydrogens is 370 g/mol. The van der Waals surface area contributed by atoms with Gasteiger partial charge in [0.15, 0.2) is 4.80 Å². The molecule has 0 atom stereocenters. The zero-order valence-corrected chi connectivity index (χ0v) is 17.1. The van der Waals surface area contributed by atoms with Crippen LogP contribution in [-0.2, 0) is 27.8 Å². The molecule has 1 amide bonds. The number of para-hydroxylation sites is 1. The van der Waals surface area contributed by atoms with Crippen molar-refractivity contribution in [1.29, 1.82) is 0 Å². The summed E-state index contributed by atoms with van der Waals surface area (Å²) in [5, 5.41) is 0. The maximum absolute atomic E-state index is 12.7. The number of carbonyl (C=O) groups excluding carboxylic acids is 1. The van der Waals surface area contributed by atoms with Crippen molar-refractivity contribution in [2.45, 2.75) is 39.7 Å². The van der Waals surface area contributed by atoms with E-state index in [1.165, 1.54) is 21.6 Å². The van der Waals surface area contributed by atoms with E-state index in [0.717, 1.165) is 22.5 Å². The number of aromatic nitrogens is 1. The van der Waals surface area contributed by atoms with Crippen molar-refractivity contribution in [3.63, 3.8) is 0 Å². The van der Waals surface area contributed by atoms with E-state index < -0.39 is 10.0 Å². The van der Waals surface area contributed by atoms with Gasteiger partial charge in [0.05, 0.1) is 16.5 Å². The number of piperidine rings is 1. The summed E-state index contributed by atoms with van der Waals surface area (Å²) in [5.74, 6) is -0.334. The van der Waals surface area contributed by atoms with Gasteiger partial charge in [-0.15, -0.1) is 0 Å². The van der Waals surface area contributed by atoms with Gasteiger partial charge >= 0.3 is 0 Å². The number of carbonyl (C=O) groups is 1. The number of hydrogen-bond donors (Lipinski definition) is 0. The predicted octanol–water partition coefficient (Wildman–Crippen LogP) is 2.38. The average Bonchev–Trinajstić information content (AvgIpc) is 2.98. The number of amides is 1. The van der Waals surface area contributed by atoms with Gasteiger partial charge in [-0.2, -0.15) is 4.99 Å². The predicted molar refractivity (Wildman–Crippen MR) is 105 cm³/mol. The summed E-state index contributed by atoms with van der Waals surface area (Å²) in [6.45, 7) is 5.74. The van der Waals surface area contributed by atoms with E-state index in [9.17, 15) is 13.2 Å². The fraction of sp³-hybridized carbons (Fsp3) is 0.556. The van der Waals surface area contributed by atoms with Crippen LogP contribution >= 0.6 is 11.3 Å². The molecule has 0 saturated carbocycles. The summed E-state index contributed by atoms with van der Waals surface area (Å²) >= 11 is 1.54. The highest BCUT2D eigenvalue weighted by molar-refractivity contribution is 7.88. The van der Waals surface area contributed by atoms with E-state index >= 15 is 0 Å². The maximum Gasteiger partial charge on any atom is 0.251 e. The lowest BCUT2D eigenvalue weighted by molar-refractivity contribution is -0.122. The lowest BCUT2D eigenvalue weighted by Gasteiger charge is -2.28. The normalized spacial score (nSPS) is 17.9. The van der Waals surface area contributed by atoms with Crippen molar-refractivity contribution < 1.29 is 13.2 Å². The minimum absolute atomic E-state index is 0.134. The SMILES string of the molecule is CCc1cccc2sc(=NC(=O)C3CCN(S(C)(=O)=O)CC3)n(CC)c12. The minimum Gasteiger partial charge on any atom is -0.316 e. The second kappa shape index (κ2) is 7.62. The Hall–Kier alpha value is -1.51. The summed E-state index contributed by atoms with van der Waals surface area (Å²) in [5.41, 5.74) is 2.43. The Kier molecular flexibility index (Phi) is 5.64. The summed E-state index contributed by atoms with van der Waals surface area (Å²) < 4.78 is 27.9. The third-order valence-electron chi connectivity index (χ3n) is 4.96. The summed E-state index contributed by atoms with van der Waals surface area (Å²) in [6, 6.07) is 6.23. The Morgan fingerprint density at radius 1 is 1.27 bits per heavy atom. The first-order chi connectivity index (χ1) is 12.3. The van der Waals surface area contributed by atoms with Gasteiger partial charge in [0.2, 0.25) is 10.0 Å². The molecule has 1 fully saturated rings. The van der Waals surface area contributed by atoms with Crippen LogP contribution in [0.2, 0.25) is 0 Å². The standard InChI is InChI=1S/C18H25N3O3S2/c1-4-13-7-6-8-15-16(13)21(5-2)18(25-15)19-17(22)14-9-11-20(12-10-14)26(3,23)24/h6-8,14H,4-5,9-12H2,1-3H3. The van der Waals surface area contributed by atoms with Gasteiger partial charge < -0.3 is 4.57 Å². The van der Waals surface area contributed by atoms with Crippen LogP contribution in [0.3, 0.4) is 0 Å². The van der Waals surface area contributed by atoms with Crippen LogP contribution in [-0.4, -0.2) is 42.5 Å². The van der Waals surface area contributed by atoms with Gasteiger partial charge in [0, 0.05) is 25.6 Å². The number of aryl methyl sites for hydroxylation is 2. The molecule has 0 N–H and O–H groups in total. The zero-order chi connectivity index (χ0) is 18.9. The highest BCUT2D eigenvalue weighted by Gasteiger charge is 2.28. The molecule has 8 heteroatoms. The number of fused-ring (bicyclic) bond motifs is 1. The lowest BCUT2D eigenvalue weighted by Crippen LogP contribution is -2.39. The van der Waals surface area contributed by atoms with E-state index in [1.807, 2.05) is 6.07 Å². The first kappa shape index (κ1) is 19.3. The highest BCUT2D eigenvalue weighted by Crippen LogP contribution is 2.23. The zero-order valence-electron chi connectivity index (χ0n) is 15.4. The second-order valence-corrected chi connectivity index (χ2v) is 9.62. The second-order valence-electron chi connectivity index (χ2n) is 6.63. The van der Waals surface area contributed by atoms with Crippen LogP contribution < -0.4 is 4.80 Å². The van der Waals surface area contributed by atoms with Gasteiger partial charge in [-0.05, 0) is 37.8 Å². The molecule has 0 aliphatic carbocycles. The van der Waals surface area contributed by atoms with E-state index in [2.05, 4.69) is 35.5 Å². The molecule has 26 heavy (non-hydrogen) atoms. The topological polar surface area (TPSA) is 71.7 Å². The van der Waals surface area contributed by atoms with E-state index in [4.69, 9.17) is 0 Å².